The second kappa shape index (κ2) is 5.83. The van der Waals surface area contributed by atoms with Gasteiger partial charge in [-0.25, -0.2) is 0 Å². The highest BCUT2D eigenvalue weighted by Crippen LogP contribution is 2.27. The summed E-state index contributed by atoms with van der Waals surface area (Å²) < 4.78 is 0. The summed E-state index contributed by atoms with van der Waals surface area (Å²) in [6.07, 6.45) is 3.74. The zero-order valence-electron chi connectivity index (χ0n) is 10.8. The summed E-state index contributed by atoms with van der Waals surface area (Å²) in [4.78, 5) is 14.0. The molecule has 1 saturated heterocycles. The van der Waals surface area contributed by atoms with Gasteiger partial charge in [0.15, 0.2) is 0 Å². The van der Waals surface area contributed by atoms with Crippen LogP contribution in [0.25, 0.3) is 0 Å². The second-order valence-corrected chi connectivity index (χ2v) is 5.74. The predicted octanol–water partition coefficient (Wildman–Crippen LogP) is 0.429. The van der Waals surface area contributed by atoms with Crippen LogP contribution in [0, 0.1) is 17.8 Å². The van der Waals surface area contributed by atoms with Crippen molar-refractivity contribution in [1.82, 2.24) is 10.2 Å². The summed E-state index contributed by atoms with van der Waals surface area (Å²) in [6, 6.07) is 0. The lowest BCUT2D eigenvalue weighted by atomic mass is 9.87. The van der Waals surface area contributed by atoms with Gasteiger partial charge in [-0.3, -0.25) is 9.69 Å². The first-order valence-corrected chi connectivity index (χ1v) is 6.88. The Morgan fingerprint density at radius 3 is 2.82 bits per heavy atom. The van der Waals surface area contributed by atoms with Gasteiger partial charge in [0, 0.05) is 13.1 Å². The fourth-order valence-electron chi connectivity index (χ4n) is 2.51. The molecule has 2 fully saturated rings. The smallest absolute Gasteiger partial charge is 0.234 e. The van der Waals surface area contributed by atoms with Gasteiger partial charge >= 0.3 is 0 Å². The van der Waals surface area contributed by atoms with E-state index in [0.29, 0.717) is 18.4 Å². The lowest BCUT2D eigenvalue weighted by Gasteiger charge is -2.36. The van der Waals surface area contributed by atoms with E-state index in [4.69, 9.17) is 5.73 Å². The fourth-order valence-corrected chi connectivity index (χ4v) is 2.51. The number of hydrogen-bond acceptors (Lipinski definition) is 3. The zero-order valence-corrected chi connectivity index (χ0v) is 10.8. The van der Waals surface area contributed by atoms with E-state index in [1.165, 1.54) is 12.8 Å². The number of likely N-dealkylation sites (tertiary alicyclic amines) is 1. The van der Waals surface area contributed by atoms with Crippen molar-refractivity contribution >= 4 is 5.91 Å². The number of rotatable bonds is 5. The SMILES string of the molecule is CC1CCN(CC(=O)NCC2CC2)CC1CN. The number of carbonyl (C=O) groups excluding carboxylic acids is 1. The van der Waals surface area contributed by atoms with Crippen molar-refractivity contribution in [3.8, 4) is 0 Å². The number of nitrogens with zero attached hydrogens (tertiary/aromatic N) is 1. The standard InChI is InChI=1S/C13H25N3O/c1-10-4-5-16(8-12(10)6-14)9-13(17)15-7-11-2-3-11/h10-12H,2-9,14H2,1H3,(H,15,17). The molecule has 1 aliphatic heterocycles. The molecule has 3 N–H and O–H groups in total. The molecule has 2 rings (SSSR count). The Labute approximate surface area is 104 Å². The Kier molecular flexibility index (Phi) is 4.40. The van der Waals surface area contributed by atoms with Gasteiger partial charge in [-0.05, 0) is 50.1 Å². The molecule has 0 aromatic heterocycles. The third-order valence-electron chi connectivity index (χ3n) is 4.15. The molecule has 1 amide bonds. The summed E-state index contributed by atoms with van der Waals surface area (Å²) in [5, 5.41) is 3.02. The van der Waals surface area contributed by atoms with Crippen molar-refractivity contribution in [2.24, 2.45) is 23.5 Å². The number of carbonyl (C=O) groups is 1. The number of nitrogens with two attached hydrogens (primary N) is 1. The predicted molar refractivity (Wildman–Crippen MR) is 68.5 cm³/mol. The first kappa shape index (κ1) is 12.8. The molecule has 1 saturated carbocycles. The van der Waals surface area contributed by atoms with E-state index < -0.39 is 0 Å². The van der Waals surface area contributed by atoms with E-state index in [9.17, 15) is 4.79 Å². The monoisotopic (exact) mass is 239 g/mol. The van der Waals surface area contributed by atoms with Crippen LogP contribution in [-0.2, 0) is 4.79 Å². The first-order chi connectivity index (χ1) is 8.19. The molecule has 17 heavy (non-hydrogen) atoms. The summed E-state index contributed by atoms with van der Waals surface area (Å²) in [5.41, 5.74) is 5.77. The maximum Gasteiger partial charge on any atom is 0.234 e. The molecule has 2 aliphatic rings. The summed E-state index contributed by atoms with van der Waals surface area (Å²) in [5.74, 6) is 2.20. The van der Waals surface area contributed by atoms with Crippen LogP contribution in [0.1, 0.15) is 26.2 Å². The van der Waals surface area contributed by atoms with E-state index >= 15 is 0 Å². The molecule has 98 valence electrons. The van der Waals surface area contributed by atoms with Crippen molar-refractivity contribution in [2.75, 3.05) is 32.7 Å². The van der Waals surface area contributed by atoms with Crippen LogP contribution in [0.15, 0.2) is 0 Å². The minimum atomic E-state index is 0.183. The number of nitrogens with one attached hydrogen (secondary N) is 1. The Morgan fingerprint density at radius 1 is 1.41 bits per heavy atom. The van der Waals surface area contributed by atoms with E-state index in [-0.39, 0.29) is 5.91 Å². The van der Waals surface area contributed by atoms with Crippen molar-refractivity contribution in [3.63, 3.8) is 0 Å². The van der Waals surface area contributed by atoms with E-state index in [1.807, 2.05) is 0 Å². The summed E-state index contributed by atoms with van der Waals surface area (Å²) in [6.45, 7) is 6.45. The van der Waals surface area contributed by atoms with E-state index in [0.717, 1.165) is 38.5 Å². The normalized spacial score (nSPS) is 30.2. The molecular weight excluding hydrogens is 214 g/mol. The average molecular weight is 239 g/mol. The second-order valence-electron chi connectivity index (χ2n) is 5.74. The van der Waals surface area contributed by atoms with E-state index in [2.05, 4.69) is 17.1 Å². The van der Waals surface area contributed by atoms with Crippen LogP contribution in [0.2, 0.25) is 0 Å². The molecule has 1 heterocycles. The van der Waals surface area contributed by atoms with Gasteiger partial charge in [0.25, 0.3) is 0 Å². The van der Waals surface area contributed by atoms with Gasteiger partial charge in [0.2, 0.25) is 5.91 Å². The Morgan fingerprint density at radius 2 is 2.18 bits per heavy atom. The van der Waals surface area contributed by atoms with Gasteiger partial charge in [-0.2, -0.15) is 0 Å². The summed E-state index contributed by atoms with van der Waals surface area (Å²) >= 11 is 0. The fraction of sp³-hybridized carbons (Fsp3) is 0.923. The first-order valence-electron chi connectivity index (χ1n) is 6.88. The van der Waals surface area contributed by atoms with Crippen molar-refractivity contribution in [1.29, 1.82) is 0 Å². The van der Waals surface area contributed by atoms with Crippen molar-refractivity contribution < 1.29 is 4.79 Å². The Bertz CT molecular complexity index is 265. The molecule has 4 heteroatoms. The Balaban J connectivity index is 1.68. The van der Waals surface area contributed by atoms with Gasteiger partial charge in [-0.15, -0.1) is 0 Å². The lowest BCUT2D eigenvalue weighted by Crippen LogP contribution is -2.46. The van der Waals surface area contributed by atoms with Crippen molar-refractivity contribution in [3.05, 3.63) is 0 Å². The topological polar surface area (TPSA) is 58.4 Å². The van der Waals surface area contributed by atoms with Crippen LogP contribution in [0.5, 0.6) is 0 Å². The molecule has 0 radical (unpaired) electrons. The van der Waals surface area contributed by atoms with Gasteiger partial charge in [-0.1, -0.05) is 6.92 Å². The lowest BCUT2D eigenvalue weighted by molar-refractivity contribution is -0.122. The molecule has 4 nitrogen and oxygen atoms in total. The van der Waals surface area contributed by atoms with Gasteiger partial charge < -0.3 is 11.1 Å². The van der Waals surface area contributed by atoms with Crippen LogP contribution in [0.3, 0.4) is 0 Å². The minimum Gasteiger partial charge on any atom is -0.355 e. The minimum absolute atomic E-state index is 0.183. The highest BCUT2D eigenvalue weighted by molar-refractivity contribution is 5.78. The van der Waals surface area contributed by atoms with Gasteiger partial charge in [0.05, 0.1) is 6.54 Å². The number of piperidine rings is 1. The molecule has 0 aromatic rings. The number of amides is 1. The third-order valence-corrected chi connectivity index (χ3v) is 4.15. The molecule has 2 atom stereocenters. The van der Waals surface area contributed by atoms with Crippen molar-refractivity contribution in [2.45, 2.75) is 26.2 Å². The molecule has 0 aromatic carbocycles. The zero-order chi connectivity index (χ0) is 12.3. The van der Waals surface area contributed by atoms with Gasteiger partial charge in [0.1, 0.15) is 0 Å². The maximum absolute atomic E-state index is 11.7. The van der Waals surface area contributed by atoms with Crippen LogP contribution >= 0.6 is 0 Å². The number of hydrogen-bond donors (Lipinski definition) is 2. The van der Waals surface area contributed by atoms with E-state index in [1.54, 1.807) is 0 Å². The molecule has 1 aliphatic carbocycles. The van der Waals surface area contributed by atoms with Crippen LogP contribution in [-0.4, -0.2) is 43.5 Å². The van der Waals surface area contributed by atoms with Crippen LogP contribution in [0.4, 0.5) is 0 Å². The largest absolute Gasteiger partial charge is 0.355 e. The highest BCUT2D eigenvalue weighted by atomic mass is 16.2. The maximum atomic E-state index is 11.7. The molecular formula is C13H25N3O. The summed E-state index contributed by atoms with van der Waals surface area (Å²) in [7, 11) is 0. The molecule has 2 unspecified atom stereocenters. The molecule has 0 bridgehead atoms. The Hall–Kier alpha value is -0.610. The third kappa shape index (κ3) is 3.96. The quantitative estimate of drug-likeness (QED) is 0.731. The highest BCUT2D eigenvalue weighted by Gasteiger charge is 2.26. The van der Waals surface area contributed by atoms with Crippen LogP contribution < -0.4 is 11.1 Å². The molecule has 0 spiro atoms. The average Bonchev–Trinajstić information content (AvgIpc) is 3.13.